The lowest BCUT2D eigenvalue weighted by Gasteiger charge is -2.17. The zero-order valence-corrected chi connectivity index (χ0v) is 15.3. The Balaban J connectivity index is 1.44. The monoisotopic (exact) mass is 350 g/mol. The van der Waals surface area contributed by atoms with Crippen molar-refractivity contribution in [1.29, 1.82) is 0 Å². The number of rotatable bonds is 7. The zero-order valence-electron chi connectivity index (χ0n) is 15.3. The number of amides is 2. The average Bonchev–Trinajstić information content (AvgIpc) is 2.97. The Morgan fingerprint density at radius 3 is 2.62 bits per heavy atom. The summed E-state index contributed by atoms with van der Waals surface area (Å²) in [4.78, 5) is 26.4. The van der Waals surface area contributed by atoms with Crippen LogP contribution in [0.1, 0.15) is 29.5 Å². The molecule has 3 rings (SSSR count). The molecule has 4 nitrogen and oxygen atoms in total. The molecule has 1 aliphatic rings. The fourth-order valence-electron chi connectivity index (χ4n) is 3.46. The molecule has 0 bridgehead atoms. The predicted molar refractivity (Wildman–Crippen MR) is 103 cm³/mol. The summed E-state index contributed by atoms with van der Waals surface area (Å²) < 4.78 is 0. The van der Waals surface area contributed by atoms with Crippen LogP contribution < -0.4 is 5.32 Å². The smallest absolute Gasteiger partial charge is 0.224 e. The minimum atomic E-state index is -0.0734. The summed E-state index contributed by atoms with van der Waals surface area (Å²) in [6, 6.07) is 18.1. The van der Waals surface area contributed by atoms with Crippen molar-refractivity contribution in [2.45, 2.75) is 38.6 Å². The number of nitrogens with one attached hydrogen (secondary N) is 1. The van der Waals surface area contributed by atoms with Crippen molar-refractivity contribution >= 4 is 11.8 Å². The SMILES string of the molecule is Cc1ccccc1CC(=O)N[C@@H]1CC(=O)N(CCCc2ccccc2)C1. The molecule has 0 radical (unpaired) electrons. The van der Waals surface area contributed by atoms with Crippen molar-refractivity contribution in [3.63, 3.8) is 0 Å². The first-order valence-corrected chi connectivity index (χ1v) is 9.27. The molecule has 1 fully saturated rings. The summed E-state index contributed by atoms with van der Waals surface area (Å²) >= 11 is 0. The highest BCUT2D eigenvalue weighted by Gasteiger charge is 2.30. The van der Waals surface area contributed by atoms with Crippen LogP contribution in [-0.2, 0) is 22.4 Å². The van der Waals surface area contributed by atoms with Crippen LogP contribution in [0.4, 0.5) is 0 Å². The standard InChI is InChI=1S/C22H26N2O2/c1-17-8-5-6-12-19(17)14-21(25)23-20-15-22(26)24(16-20)13-7-11-18-9-3-2-4-10-18/h2-6,8-10,12,20H,7,11,13-16H2,1H3,(H,23,25)/t20-/m1/s1. The van der Waals surface area contributed by atoms with Crippen LogP contribution in [0.5, 0.6) is 0 Å². The lowest BCUT2D eigenvalue weighted by molar-refractivity contribution is -0.127. The van der Waals surface area contributed by atoms with E-state index in [-0.39, 0.29) is 17.9 Å². The van der Waals surface area contributed by atoms with Gasteiger partial charge in [-0.15, -0.1) is 0 Å². The van der Waals surface area contributed by atoms with Gasteiger partial charge < -0.3 is 10.2 Å². The van der Waals surface area contributed by atoms with Gasteiger partial charge in [0, 0.05) is 19.5 Å². The molecule has 1 aliphatic heterocycles. The van der Waals surface area contributed by atoms with Gasteiger partial charge in [-0.05, 0) is 36.5 Å². The third-order valence-corrected chi connectivity index (χ3v) is 4.93. The molecule has 1 heterocycles. The minimum Gasteiger partial charge on any atom is -0.351 e. The third kappa shape index (κ3) is 4.94. The first kappa shape index (κ1) is 18.2. The van der Waals surface area contributed by atoms with E-state index >= 15 is 0 Å². The van der Waals surface area contributed by atoms with Crippen LogP contribution in [0.3, 0.4) is 0 Å². The van der Waals surface area contributed by atoms with E-state index in [1.807, 2.05) is 54.3 Å². The van der Waals surface area contributed by atoms with Crippen molar-refractivity contribution in [3.05, 3.63) is 71.3 Å². The Morgan fingerprint density at radius 2 is 1.85 bits per heavy atom. The Hall–Kier alpha value is -2.62. The number of carbonyl (C=O) groups is 2. The Morgan fingerprint density at radius 1 is 1.12 bits per heavy atom. The van der Waals surface area contributed by atoms with Gasteiger partial charge in [0.15, 0.2) is 0 Å². The highest BCUT2D eigenvalue weighted by Crippen LogP contribution is 2.14. The quantitative estimate of drug-likeness (QED) is 0.835. The molecule has 1 N–H and O–H groups in total. The molecule has 2 aromatic rings. The lowest BCUT2D eigenvalue weighted by atomic mass is 10.1. The van der Waals surface area contributed by atoms with Crippen molar-refractivity contribution < 1.29 is 9.59 Å². The van der Waals surface area contributed by atoms with E-state index in [0.29, 0.717) is 19.4 Å². The molecule has 0 unspecified atom stereocenters. The molecule has 26 heavy (non-hydrogen) atoms. The second-order valence-electron chi connectivity index (χ2n) is 7.00. The maximum absolute atomic E-state index is 12.3. The van der Waals surface area contributed by atoms with Gasteiger partial charge in [-0.3, -0.25) is 9.59 Å². The van der Waals surface area contributed by atoms with E-state index in [1.165, 1.54) is 5.56 Å². The van der Waals surface area contributed by atoms with Crippen molar-refractivity contribution in [1.82, 2.24) is 10.2 Å². The molecule has 0 spiro atoms. The van der Waals surface area contributed by atoms with E-state index in [4.69, 9.17) is 0 Å². The van der Waals surface area contributed by atoms with Gasteiger partial charge in [-0.1, -0.05) is 54.6 Å². The topological polar surface area (TPSA) is 49.4 Å². The molecule has 1 saturated heterocycles. The molecule has 0 aromatic heterocycles. The molecule has 4 heteroatoms. The van der Waals surface area contributed by atoms with Gasteiger partial charge >= 0.3 is 0 Å². The molecular formula is C22H26N2O2. The van der Waals surface area contributed by atoms with E-state index in [1.54, 1.807) is 0 Å². The van der Waals surface area contributed by atoms with Gasteiger partial charge in [0.1, 0.15) is 0 Å². The van der Waals surface area contributed by atoms with E-state index in [0.717, 1.165) is 30.5 Å². The molecular weight excluding hydrogens is 324 g/mol. The van der Waals surface area contributed by atoms with Gasteiger partial charge in [0.2, 0.25) is 11.8 Å². The fourth-order valence-corrected chi connectivity index (χ4v) is 3.46. The van der Waals surface area contributed by atoms with Crippen LogP contribution in [0.15, 0.2) is 54.6 Å². The van der Waals surface area contributed by atoms with Crippen molar-refractivity contribution in [2.75, 3.05) is 13.1 Å². The summed E-state index contributed by atoms with van der Waals surface area (Å²) in [5, 5.41) is 3.02. The number of hydrogen-bond acceptors (Lipinski definition) is 2. The summed E-state index contributed by atoms with van der Waals surface area (Å²) in [5.74, 6) is 0.127. The second kappa shape index (κ2) is 8.65. The van der Waals surface area contributed by atoms with E-state index in [9.17, 15) is 9.59 Å². The fraction of sp³-hybridized carbons (Fsp3) is 0.364. The van der Waals surface area contributed by atoms with E-state index in [2.05, 4.69) is 17.4 Å². The van der Waals surface area contributed by atoms with Gasteiger partial charge in [0.25, 0.3) is 0 Å². The maximum atomic E-state index is 12.3. The second-order valence-corrected chi connectivity index (χ2v) is 7.00. The average molecular weight is 350 g/mol. The summed E-state index contributed by atoms with van der Waals surface area (Å²) in [6.07, 6.45) is 2.69. The number of nitrogens with zero attached hydrogens (tertiary/aromatic N) is 1. The number of benzene rings is 2. The van der Waals surface area contributed by atoms with Crippen molar-refractivity contribution in [2.24, 2.45) is 0 Å². The highest BCUT2D eigenvalue weighted by atomic mass is 16.2. The number of aryl methyl sites for hydroxylation is 2. The van der Waals surface area contributed by atoms with Gasteiger partial charge in [0.05, 0.1) is 12.5 Å². The lowest BCUT2D eigenvalue weighted by Crippen LogP contribution is -2.38. The molecule has 136 valence electrons. The summed E-state index contributed by atoms with van der Waals surface area (Å²) in [6.45, 7) is 3.38. The third-order valence-electron chi connectivity index (χ3n) is 4.93. The highest BCUT2D eigenvalue weighted by molar-refractivity contribution is 5.83. The molecule has 1 atom stereocenters. The van der Waals surface area contributed by atoms with Crippen LogP contribution in [0.2, 0.25) is 0 Å². The predicted octanol–water partition coefficient (Wildman–Crippen LogP) is 2.89. The first-order valence-electron chi connectivity index (χ1n) is 9.27. The van der Waals surface area contributed by atoms with Gasteiger partial charge in [-0.2, -0.15) is 0 Å². The number of carbonyl (C=O) groups excluding carboxylic acids is 2. The zero-order chi connectivity index (χ0) is 18.4. The van der Waals surface area contributed by atoms with Crippen LogP contribution >= 0.6 is 0 Å². The van der Waals surface area contributed by atoms with Crippen LogP contribution in [0.25, 0.3) is 0 Å². The van der Waals surface area contributed by atoms with Crippen LogP contribution in [0, 0.1) is 6.92 Å². The molecule has 0 aliphatic carbocycles. The Bertz CT molecular complexity index is 758. The minimum absolute atomic E-state index is 0.0109. The number of hydrogen-bond donors (Lipinski definition) is 1. The Labute approximate surface area is 155 Å². The van der Waals surface area contributed by atoms with E-state index < -0.39 is 0 Å². The first-order chi connectivity index (χ1) is 12.6. The Kier molecular flexibility index (Phi) is 6.05. The molecule has 2 aromatic carbocycles. The summed E-state index contributed by atoms with van der Waals surface area (Å²) in [5.41, 5.74) is 3.45. The van der Waals surface area contributed by atoms with Crippen LogP contribution in [-0.4, -0.2) is 35.8 Å². The molecule has 2 amide bonds. The number of likely N-dealkylation sites (tertiary alicyclic amines) is 1. The largest absolute Gasteiger partial charge is 0.351 e. The van der Waals surface area contributed by atoms with Gasteiger partial charge in [-0.25, -0.2) is 0 Å². The van der Waals surface area contributed by atoms with Crippen molar-refractivity contribution in [3.8, 4) is 0 Å². The normalized spacial score (nSPS) is 16.7. The molecule has 0 saturated carbocycles. The summed E-state index contributed by atoms with van der Waals surface area (Å²) in [7, 11) is 0. The maximum Gasteiger partial charge on any atom is 0.224 e.